The van der Waals surface area contributed by atoms with E-state index in [9.17, 15) is 23.3 Å². The smallest absolute Gasteiger partial charge is 0.261 e. The van der Waals surface area contributed by atoms with Gasteiger partial charge in [-0.15, -0.1) is 0 Å². The van der Waals surface area contributed by atoms with Crippen molar-refractivity contribution in [2.45, 2.75) is 13.1 Å². The predicted molar refractivity (Wildman–Crippen MR) is 78.2 cm³/mol. The molecular weight excluding hydrogens is 313 g/mol. The molecule has 0 amide bonds. The number of rotatable bonds is 4. The molecule has 0 aliphatic rings. The molecule has 0 radical (unpaired) electrons. The molecule has 9 heteroatoms. The summed E-state index contributed by atoms with van der Waals surface area (Å²) in [5, 5.41) is 14.7. The number of nitrogens with one attached hydrogen (secondary N) is 1. The number of pyridine rings is 1. The molecule has 0 atom stereocenters. The summed E-state index contributed by atoms with van der Waals surface area (Å²) < 4.78 is 37.2. The van der Waals surface area contributed by atoms with Gasteiger partial charge in [0.05, 0.1) is 16.2 Å². The van der Waals surface area contributed by atoms with Gasteiger partial charge in [0.2, 0.25) is 0 Å². The Kier molecular flexibility index (Phi) is 4.58. The van der Waals surface area contributed by atoms with Gasteiger partial charge < -0.3 is 0 Å². The zero-order valence-electron chi connectivity index (χ0n) is 11.8. The lowest BCUT2D eigenvalue weighted by molar-refractivity contribution is -0.384. The fourth-order valence-corrected chi connectivity index (χ4v) is 1.68. The van der Waals surface area contributed by atoms with E-state index in [0.717, 1.165) is 12.1 Å². The van der Waals surface area contributed by atoms with Gasteiger partial charge in [-0.2, -0.15) is 18.3 Å². The number of non-ortho nitro benzene ring substituents is 1. The van der Waals surface area contributed by atoms with Crippen molar-refractivity contribution in [2.24, 2.45) is 5.10 Å². The molecule has 1 aromatic heterocycles. The third-order valence-corrected chi connectivity index (χ3v) is 2.90. The van der Waals surface area contributed by atoms with Crippen LogP contribution in [0.25, 0.3) is 0 Å². The molecule has 120 valence electrons. The van der Waals surface area contributed by atoms with E-state index in [1.807, 2.05) is 0 Å². The summed E-state index contributed by atoms with van der Waals surface area (Å²) in [7, 11) is 0. The maximum Gasteiger partial charge on any atom is 0.417 e. The van der Waals surface area contributed by atoms with Crippen LogP contribution in [0.2, 0.25) is 0 Å². The van der Waals surface area contributed by atoms with E-state index in [1.54, 1.807) is 13.0 Å². The number of hydrogen-bond acceptors (Lipinski definition) is 5. The predicted octanol–water partition coefficient (Wildman–Crippen LogP) is 3.84. The topological polar surface area (TPSA) is 80.4 Å². The molecular formula is C14H11F3N4O2. The Hall–Kier alpha value is -2.97. The minimum atomic E-state index is -4.45. The van der Waals surface area contributed by atoms with Crippen molar-refractivity contribution in [3.8, 4) is 0 Å². The first kappa shape index (κ1) is 16.4. The van der Waals surface area contributed by atoms with Gasteiger partial charge in [0.1, 0.15) is 5.82 Å². The van der Waals surface area contributed by atoms with Gasteiger partial charge in [0, 0.05) is 23.9 Å². The summed E-state index contributed by atoms with van der Waals surface area (Å²) in [5.74, 6) is 0.128. The molecule has 0 spiro atoms. The number of benzene rings is 1. The Labute approximate surface area is 128 Å². The minimum absolute atomic E-state index is 0.0790. The van der Waals surface area contributed by atoms with Crippen molar-refractivity contribution < 1.29 is 18.1 Å². The SMILES string of the molecule is C/C(=N/Nc1ccc(C(F)(F)F)cn1)c1cccc([N+](=O)[O-])c1. The third-order valence-electron chi connectivity index (χ3n) is 2.90. The number of nitrogens with zero attached hydrogens (tertiary/aromatic N) is 3. The lowest BCUT2D eigenvalue weighted by atomic mass is 10.1. The Morgan fingerprint density at radius 1 is 1.30 bits per heavy atom. The van der Waals surface area contributed by atoms with E-state index in [2.05, 4.69) is 15.5 Å². The normalized spacial score (nSPS) is 12.1. The number of nitro groups is 1. The fraction of sp³-hybridized carbons (Fsp3) is 0.143. The molecule has 0 bridgehead atoms. The van der Waals surface area contributed by atoms with Crippen molar-refractivity contribution in [1.82, 2.24) is 4.98 Å². The quantitative estimate of drug-likeness (QED) is 0.526. The van der Waals surface area contributed by atoms with Crippen LogP contribution in [0, 0.1) is 10.1 Å². The maximum atomic E-state index is 12.4. The van der Waals surface area contributed by atoms with Crippen LogP contribution in [-0.2, 0) is 6.18 Å². The molecule has 1 heterocycles. The third kappa shape index (κ3) is 4.25. The second-order valence-corrected chi connectivity index (χ2v) is 4.55. The van der Waals surface area contributed by atoms with E-state index in [4.69, 9.17) is 0 Å². The van der Waals surface area contributed by atoms with Crippen molar-refractivity contribution >= 4 is 17.2 Å². The number of halogens is 3. The minimum Gasteiger partial charge on any atom is -0.261 e. The van der Waals surface area contributed by atoms with Gasteiger partial charge in [-0.3, -0.25) is 15.5 Å². The van der Waals surface area contributed by atoms with Gasteiger partial charge in [-0.05, 0) is 19.1 Å². The summed E-state index contributed by atoms with van der Waals surface area (Å²) in [4.78, 5) is 13.8. The average Bonchev–Trinajstić information content (AvgIpc) is 2.52. The van der Waals surface area contributed by atoms with E-state index >= 15 is 0 Å². The van der Waals surface area contributed by atoms with Gasteiger partial charge in [0.15, 0.2) is 0 Å². The number of aromatic nitrogens is 1. The highest BCUT2D eigenvalue weighted by atomic mass is 19.4. The van der Waals surface area contributed by atoms with Crippen LogP contribution in [0.5, 0.6) is 0 Å². The molecule has 2 aromatic rings. The van der Waals surface area contributed by atoms with E-state index < -0.39 is 16.7 Å². The van der Waals surface area contributed by atoms with Crippen LogP contribution in [-0.4, -0.2) is 15.6 Å². The molecule has 0 aliphatic carbocycles. The Morgan fingerprint density at radius 3 is 2.61 bits per heavy atom. The van der Waals surface area contributed by atoms with E-state index in [1.165, 1.54) is 18.2 Å². The molecule has 0 saturated carbocycles. The van der Waals surface area contributed by atoms with Crippen molar-refractivity contribution in [2.75, 3.05) is 5.43 Å². The number of alkyl halides is 3. The number of nitro benzene ring substituents is 1. The Bertz CT molecular complexity index is 742. The first-order chi connectivity index (χ1) is 10.8. The molecule has 23 heavy (non-hydrogen) atoms. The zero-order chi connectivity index (χ0) is 17.0. The van der Waals surface area contributed by atoms with Crippen LogP contribution in [0.4, 0.5) is 24.7 Å². The first-order valence-corrected chi connectivity index (χ1v) is 6.36. The van der Waals surface area contributed by atoms with Crippen LogP contribution >= 0.6 is 0 Å². The van der Waals surface area contributed by atoms with Gasteiger partial charge in [0.25, 0.3) is 5.69 Å². The maximum absolute atomic E-state index is 12.4. The summed E-state index contributed by atoms with van der Waals surface area (Å²) in [6.45, 7) is 1.61. The van der Waals surface area contributed by atoms with Crippen LogP contribution in [0.1, 0.15) is 18.1 Å². The summed E-state index contributed by atoms with van der Waals surface area (Å²) in [5.41, 5.74) is 2.51. The lowest BCUT2D eigenvalue weighted by Gasteiger charge is -2.07. The number of anilines is 1. The van der Waals surface area contributed by atoms with E-state index in [-0.39, 0.29) is 11.5 Å². The highest BCUT2D eigenvalue weighted by Crippen LogP contribution is 2.28. The van der Waals surface area contributed by atoms with Crippen molar-refractivity contribution in [3.63, 3.8) is 0 Å². The summed E-state index contributed by atoms with van der Waals surface area (Å²) >= 11 is 0. The molecule has 0 fully saturated rings. The summed E-state index contributed by atoms with van der Waals surface area (Å²) in [6.07, 6.45) is -3.76. The largest absolute Gasteiger partial charge is 0.417 e. The Morgan fingerprint density at radius 2 is 2.04 bits per heavy atom. The van der Waals surface area contributed by atoms with Gasteiger partial charge in [-0.25, -0.2) is 4.98 Å². The van der Waals surface area contributed by atoms with E-state index in [0.29, 0.717) is 17.5 Å². The second kappa shape index (κ2) is 6.42. The first-order valence-electron chi connectivity index (χ1n) is 6.36. The molecule has 2 rings (SSSR count). The molecule has 0 aliphatic heterocycles. The van der Waals surface area contributed by atoms with Gasteiger partial charge >= 0.3 is 6.18 Å². The van der Waals surface area contributed by atoms with Gasteiger partial charge in [-0.1, -0.05) is 12.1 Å². The molecule has 1 aromatic carbocycles. The number of hydrazone groups is 1. The monoisotopic (exact) mass is 324 g/mol. The molecule has 0 saturated heterocycles. The van der Waals surface area contributed by atoms with Crippen LogP contribution in [0.15, 0.2) is 47.7 Å². The Balaban J connectivity index is 2.13. The zero-order valence-corrected chi connectivity index (χ0v) is 11.8. The lowest BCUT2D eigenvalue weighted by Crippen LogP contribution is -2.06. The van der Waals surface area contributed by atoms with Crippen molar-refractivity contribution in [1.29, 1.82) is 0 Å². The highest BCUT2D eigenvalue weighted by molar-refractivity contribution is 5.99. The summed E-state index contributed by atoms with van der Waals surface area (Å²) in [6, 6.07) is 7.87. The van der Waals surface area contributed by atoms with Crippen molar-refractivity contribution in [3.05, 3.63) is 63.8 Å². The van der Waals surface area contributed by atoms with Crippen LogP contribution in [0.3, 0.4) is 0 Å². The highest BCUT2D eigenvalue weighted by Gasteiger charge is 2.30. The fourth-order valence-electron chi connectivity index (χ4n) is 1.68. The molecule has 0 unspecified atom stereocenters. The molecule has 6 nitrogen and oxygen atoms in total. The standard InChI is InChI=1S/C14H11F3N4O2/c1-9(10-3-2-4-12(7-10)21(22)23)19-20-13-6-5-11(8-18-13)14(15,16)17/h2-8H,1H3,(H,18,20)/b19-9-. The second-order valence-electron chi connectivity index (χ2n) is 4.55. The number of hydrogen-bond donors (Lipinski definition) is 1. The average molecular weight is 324 g/mol. The van der Waals surface area contributed by atoms with Crippen LogP contribution < -0.4 is 5.43 Å². The molecule has 1 N–H and O–H groups in total.